The van der Waals surface area contributed by atoms with E-state index in [2.05, 4.69) is 10.6 Å². The summed E-state index contributed by atoms with van der Waals surface area (Å²) in [6, 6.07) is 3.08. The lowest BCUT2D eigenvalue weighted by Crippen LogP contribution is -2.38. The number of halogens is 2. The van der Waals surface area contributed by atoms with Crippen LogP contribution in [0.15, 0.2) is 18.2 Å². The molecule has 2 N–H and O–H groups in total. The van der Waals surface area contributed by atoms with Crippen LogP contribution in [0, 0.1) is 11.6 Å². The van der Waals surface area contributed by atoms with Gasteiger partial charge >= 0.3 is 6.03 Å². The molecule has 0 radical (unpaired) electrons. The topological polar surface area (TPSA) is 44.4 Å². The Morgan fingerprint density at radius 1 is 1.32 bits per heavy atom. The number of nitrogens with zero attached hydrogens (tertiary/aromatic N) is 1. The standard InChI is InChI=1S/C13H19F2N3O/c1-9(11-5-4-10(14)8-12(11)15)16-6-7-17-13(19)18(2)3/h4-5,8-9,16H,6-7H2,1-3H3,(H,17,19). The summed E-state index contributed by atoms with van der Waals surface area (Å²) in [6.45, 7) is 2.71. The fourth-order valence-electron chi connectivity index (χ4n) is 1.58. The SMILES string of the molecule is CC(NCCNC(=O)N(C)C)c1ccc(F)cc1F. The van der Waals surface area contributed by atoms with E-state index in [4.69, 9.17) is 0 Å². The van der Waals surface area contributed by atoms with E-state index in [0.29, 0.717) is 18.7 Å². The molecule has 0 aromatic heterocycles. The molecule has 0 heterocycles. The molecule has 0 aliphatic rings. The number of urea groups is 1. The second kappa shape index (κ2) is 7.04. The van der Waals surface area contributed by atoms with Crippen LogP contribution in [0.4, 0.5) is 13.6 Å². The number of nitrogens with one attached hydrogen (secondary N) is 2. The highest BCUT2D eigenvalue weighted by Gasteiger charge is 2.11. The predicted molar refractivity (Wildman–Crippen MR) is 69.9 cm³/mol. The summed E-state index contributed by atoms with van der Waals surface area (Å²) >= 11 is 0. The van der Waals surface area contributed by atoms with Crippen LogP contribution >= 0.6 is 0 Å². The van der Waals surface area contributed by atoms with Crippen molar-refractivity contribution < 1.29 is 13.6 Å². The summed E-state index contributed by atoms with van der Waals surface area (Å²) in [4.78, 5) is 12.7. The Morgan fingerprint density at radius 3 is 2.58 bits per heavy atom. The van der Waals surface area contributed by atoms with Gasteiger partial charge in [0.2, 0.25) is 0 Å². The van der Waals surface area contributed by atoms with E-state index in [-0.39, 0.29) is 12.1 Å². The summed E-state index contributed by atoms with van der Waals surface area (Å²) < 4.78 is 26.3. The van der Waals surface area contributed by atoms with Crippen LogP contribution in [0.5, 0.6) is 0 Å². The molecule has 0 aliphatic heterocycles. The Morgan fingerprint density at radius 2 is 2.00 bits per heavy atom. The average Bonchev–Trinajstić information content (AvgIpc) is 2.33. The third kappa shape index (κ3) is 4.82. The van der Waals surface area contributed by atoms with Crippen LogP contribution in [-0.4, -0.2) is 38.1 Å². The van der Waals surface area contributed by atoms with Gasteiger partial charge in [-0.25, -0.2) is 13.6 Å². The number of rotatable bonds is 5. The lowest BCUT2D eigenvalue weighted by molar-refractivity contribution is 0.217. The van der Waals surface area contributed by atoms with Gasteiger partial charge in [0.1, 0.15) is 11.6 Å². The van der Waals surface area contributed by atoms with Crippen LogP contribution in [0.25, 0.3) is 0 Å². The Bertz CT molecular complexity index is 438. The summed E-state index contributed by atoms with van der Waals surface area (Å²) in [5.74, 6) is -1.16. The van der Waals surface area contributed by atoms with Gasteiger partial charge in [-0.3, -0.25) is 0 Å². The first-order valence-electron chi connectivity index (χ1n) is 6.05. The van der Waals surface area contributed by atoms with Gasteiger partial charge in [-0.2, -0.15) is 0 Å². The van der Waals surface area contributed by atoms with Crippen LogP contribution in [0.3, 0.4) is 0 Å². The van der Waals surface area contributed by atoms with Crippen molar-refractivity contribution >= 4 is 6.03 Å². The van der Waals surface area contributed by atoms with Gasteiger partial charge in [0.15, 0.2) is 0 Å². The van der Waals surface area contributed by atoms with E-state index in [9.17, 15) is 13.6 Å². The number of hydrogen-bond donors (Lipinski definition) is 2. The third-order valence-corrected chi connectivity index (χ3v) is 2.69. The summed E-state index contributed by atoms with van der Waals surface area (Å²) in [5, 5.41) is 5.74. The largest absolute Gasteiger partial charge is 0.337 e. The molecule has 6 heteroatoms. The maximum Gasteiger partial charge on any atom is 0.316 e. The van der Waals surface area contributed by atoms with Gasteiger partial charge in [-0.1, -0.05) is 6.07 Å². The maximum atomic E-state index is 13.5. The molecular weight excluding hydrogens is 252 g/mol. The highest BCUT2D eigenvalue weighted by atomic mass is 19.1. The molecule has 2 amide bonds. The first-order valence-corrected chi connectivity index (χ1v) is 6.05. The Kier molecular flexibility index (Phi) is 5.69. The van der Waals surface area contributed by atoms with E-state index < -0.39 is 11.6 Å². The molecule has 0 saturated carbocycles. The molecule has 1 unspecified atom stereocenters. The predicted octanol–water partition coefficient (Wildman–Crippen LogP) is 1.89. The van der Waals surface area contributed by atoms with Crippen LogP contribution in [-0.2, 0) is 0 Å². The Balaban J connectivity index is 2.39. The van der Waals surface area contributed by atoms with Crippen molar-refractivity contribution in [3.8, 4) is 0 Å². The number of carbonyl (C=O) groups is 1. The van der Waals surface area contributed by atoms with Gasteiger partial charge < -0.3 is 15.5 Å². The monoisotopic (exact) mass is 271 g/mol. The lowest BCUT2D eigenvalue weighted by atomic mass is 10.1. The molecule has 106 valence electrons. The first kappa shape index (κ1) is 15.4. The van der Waals surface area contributed by atoms with Crippen LogP contribution < -0.4 is 10.6 Å². The highest BCUT2D eigenvalue weighted by molar-refractivity contribution is 5.73. The molecule has 1 aromatic carbocycles. The second-order valence-corrected chi connectivity index (χ2v) is 4.47. The summed E-state index contributed by atoms with van der Waals surface area (Å²) in [6.07, 6.45) is 0. The molecule has 1 atom stereocenters. The van der Waals surface area contributed by atoms with Crippen molar-refractivity contribution in [3.05, 3.63) is 35.4 Å². The van der Waals surface area contributed by atoms with Crippen molar-refractivity contribution in [2.24, 2.45) is 0 Å². The van der Waals surface area contributed by atoms with Crippen molar-refractivity contribution in [1.29, 1.82) is 0 Å². The van der Waals surface area contributed by atoms with E-state index in [0.717, 1.165) is 6.07 Å². The second-order valence-electron chi connectivity index (χ2n) is 4.47. The first-order chi connectivity index (χ1) is 8.91. The highest BCUT2D eigenvalue weighted by Crippen LogP contribution is 2.17. The molecule has 1 rings (SSSR count). The zero-order chi connectivity index (χ0) is 14.4. The Labute approximate surface area is 111 Å². The van der Waals surface area contributed by atoms with E-state index in [1.54, 1.807) is 21.0 Å². The molecular formula is C13H19F2N3O. The normalized spacial score (nSPS) is 12.1. The van der Waals surface area contributed by atoms with Crippen molar-refractivity contribution in [1.82, 2.24) is 15.5 Å². The summed E-state index contributed by atoms with van der Waals surface area (Å²) in [5.41, 5.74) is 0.403. The van der Waals surface area contributed by atoms with E-state index in [1.165, 1.54) is 17.0 Å². The zero-order valence-electron chi connectivity index (χ0n) is 11.3. The lowest BCUT2D eigenvalue weighted by Gasteiger charge is -2.16. The molecule has 1 aromatic rings. The van der Waals surface area contributed by atoms with Crippen molar-refractivity contribution in [3.63, 3.8) is 0 Å². The van der Waals surface area contributed by atoms with Gasteiger partial charge in [-0.15, -0.1) is 0 Å². The smallest absolute Gasteiger partial charge is 0.316 e. The maximum absolute atomic E-state index is 13.5. The third-order valence-electron chi connectivity index (χ3n) is 2.69. The number of amides is 2. The number of carbonyl (C=O) groups excluding carboxylic acids is 1. The zero-order valence-corrected chi connectivity index (χ0v) is 11.3. The Hall–Kier alpha value is -1.69. The van der Waals surface area contributed by atoms with E-state index >= 15 is 0 Å². The number of hydrogen-bond acceptors (Lipinski definition) is 2. The molecule has 4 nitrogen and oxygen atoms in total. The average molecular weight is 271 g/mol. The fourth-order valence-corrected chi connectivity index (χ4v) is 1.58. The van der Waals surface area contributed by atoms with Gasteiger partial charge in [0.05, 0.1) is 0 Å². The molecule has 0 spiro atoms. The molecule has 0 fully saturated rings. The molecule has 0 aliphatic carbocycles. The van der Waals surface area contributed by atoms with Crippen molar-refractivity contribution in [2.45, 2.75) is 13.0 Å². The minimum absolute atomic E-state index is 0.178. The molecule has 19 heavy (non-hydrogen) atoms. The quantitative estimate of drug-likeness (QED) is 0.803. The van der Waals surface area contributed by atoms with E-state index in [1.807, 2.05) is 0 Å². The minimum Gasteiger partial charge on any atom is -0.337 e. The van der Waals surface area contributed by atoms with Crippen LogP contribution in [0.1, 0.15) is 18.5 Å². The van der Waals surface area contributed by atoms with Gasteiger partial charge in [0, 0.05) is 44.9 Å². The number of benzene rings is 1. The molecule has 0 bridgehead atoms. The van der Waals surface area contributed by atoms with Gasteiger partial charge in [-0.05, 0) is 13.0 Å². The van der Waals surface area contributed by atoms with Crippen molar-refractivity contribution in [2.75, 3.05) is 27.2 Å². The van der Waals surface area contributed by atoms with Crippen LogP contribution in [0.2, 0.25) is 0 Å². The molecule has 0 saturated heterocycles. The fraction of sp³-hybridized carbons (Fsp3) is 0.462. The summed E-state index contributed by atoms with van der Waals surface area (Å²) in [7, 11) is 3.30. The van der Waals surface area contributed by atoms with Gasteiger partial charge in [0.25, 0.3) is 0 Å². The minimum atomic E-state index is -0.591.